The van der Waals surface area contributed by atoms with Gasteiger partial charge in [-0.1, -0.05) is 0 Å². The second kappa shape index (κ2) is 10.3. The highest BCUT2D eigenvalue weighted by Crippen LogP contribution is 2.25. The van der Waals surface area contributed by atoms with E-state index in [1.165, 1.54) is 19.1 Å². The summed E-state index contributed by atoms with van der Waals surface area (Å²) in [5.74, 6) is -0.268. The normalized spacial score (nSPS) is 11.8. The lowest BCUT2D eigenvalue weighted by Gasteiger charge is -2.14. The number of Topliss-reactive ketones (excluding diaryl/α,β-unsaturated/α-hetero) is 1. The summed E-state index contributed by atoms with van der Waals surface area (Å²) in [6.45, 7) is 4.60. The minimum absolute atomic E-state index is 0.0438. The van der Waals surface area contributed by atoms with Gasteiger partial charge in [0, 0.05) is 22.6 Å². The quantitative estimate of drug-likeness (QED) is 0.313. The van der Waals surface area contributed by atoms with Gasteiger partial charge in [0.15, 0.2) is 6.10 Å². The van der Waals surface area contributed by atoms with Crippen LogP contribution < -0.4 is 9.47 Å². The van der Waals surface area contributed by atoms with E-state index >= 15 is 0 Å². The Balaban J connectivity index is 1.75. The zero-order valence-electron chi connectivity index (χ0n) is 18.8. The number of rotatable bonds is 9. The molecule has 6 nitrogen and oxygen atoms in total. The number of aromatic nitrogens is 1. The number of benzene rings is 2. The summed E-state index contributed by atoms with van der Waals surface area (Å²) in [6, 6.07) is 14.3. The van der Waals surface area contributed by atoms with Gasteiger partial charge in [-0.2, -0.15) is 8.78 Å². The molecule has 0 N–H and O–H groups in total. The molecule has 0 amide bonds. The fourth-order valence-electron chi connectivity index (χ4n) is 3.54. The number of hydrogen-bond acceptors (Lipinski definition) is 5. The lowest BCUT2D eigenvalue weighted by molar-refractivity contribution is -0.0498. The van der Waals surface area contributed by atoms with Crippen molar-refractivity contribution in [3.05, 3.63) is 77.1 Å². The summed E-state index contributed by atoms with van der Waals surface area (Å²) < 4.78 is 41.7. The minimum Gasteiger partial charge on any atom is -0.494 e. The molecule has 0 aliphatic rings. The number of carbonyl (C=O) groups excluding carboxylic acids is 2. The summed E-state index contributed by atoms with van der Waals surface area (Å²) in [5.41, 5.74) is 2.82. The lowest BCUT2D eigenvalue weighted by Crippen LogP contribution is -2.25. The Kier molecular flexibility index (Phi) is 7.48. The van der Waals surface area contributed by atoms with Crippen LogP contribution in [0.2, 0.25) is 0 Å². The maximum absolute atomic E-state index is 13.0. The van der Waals surface area contributed by atoms with Gasteiger partial charge >= 0.3 is 12.6 Å². The molecule has 1 unspecified atom stereocenters. The number of ketones is 1. The first-order valence-corrected chi connectivity index (χ1v) is 10.4. The number of ether oxygens (including phenoxy) is 3. The molecule has 0 bridgehead atoms. The van der Waals surface area contributed by atoms with Crippen molar-refractivity contribution in [2.45, 2.75) is 40.4 Å². The number of carbonyl (C=O) groups is 2. The molecule has 1 heterocycles. The van der Waals surface area contributed by atoms with Crippen LogP contribution in [0.25, 0.3) is 5.69 Å². The van der Waals surface area contributed by atoms with Gasteiger partial charge < -0.3 is 18.8 Å². The van der Waals surface area contributed by atoms with Crippen molar-refractivity contribution in [2.24, 2.45) is 0 Å². The molecule has 0 aliphatic heterocycles. The van der Waals surface area contributed by atoms with Crippen LogP contribution in [-0.4, -0.2) is 35.6 Å². The highest BCUT2D eigenvalue weighted by atomic mass is 19.3. The van der Waals surface area contributed by atoms with Crippen LogP contribution in [0.15, 0.2) is 54.6 Å². The third kappa shape index (κ3) is 5.58. The van der Waals surface area contributed by atoms with Gasteiger partial charge in [-0.15, -0.1) is 0 Å². The largest absolute Gasteiger partial charge is 0.494 e. The molecule has 2 aromatic carbocycles. The summed E-state index contributed by atoms with van der Waals surface area (Å²) in [6.07, 6.45) is -1.00. The summed E-state index contributed by atoms with van der Waals surface area (Å²) in [7, 11) is 0. The number of nitrogens with zero attached hydrogens (tertiary/aromatic N) is 1. The number of aryl methyl sites for hydroxylation is 1. The predicted molar refractivity (Wildman–Crippen MR) is 119 cm³/mol. The molecule has 0 saturated carbocycles. The highest BCUT2D eigenvalue weighted by molar-refractivity contribution is 6.02. The third-order valence-corrected chi connectivity index (χ3v) is 5.07. The van der Waals surface area contributed by atoms with Crippen molar-refractivity contribution in [1.82, 2.24) is 4.57 Å². The Morgan fingerprint density at radius 1 is 0.970 bits per heavy atom. The van der Waals surface area contributed by atoms with Gasteiger partial charge in [0.05, 0.1) is 12.2 Å². The SMILES string of the molecule is CCOc1ccc(C(=O)OC(C)C(=O)c2cc(C)n(-c3ccc(OC(F)F)cc3)c2C)cc1. The van der Waals surface area contributed by atoms with Crippen molar-refractivity contribution >= 4 is 11.8 Å². The molecule has 33 heavy (non-hydrogen) atoms. The number of esters is 1. The minimum atomic E-state index is -2.90. The fourth-order valence-corrected chi connectivity index (χ4v) is 3.54. The van der Waals surface area contributed by atoms with Crippen LogP contribution in [0.5, 0.6) is 11.5 Å². The van der Waals surface area contributed by atoms with E-state index in [2.05, 4.69) is 4.74 Å². The first kappa shape index (κ1) is 24.0. The van der Waals surface area contributed by atoms with E-state index in [9.17, 15) is 18.4 Å². The van der Waals surface area contributed by atoms with E-state index in [0.717, 1.165) is 5.69 Å². The molecule has 1 atom stereocenters. The van der Waals surface area contributed by atoms with E-state index in [0.29, 0.717) is 34.9 Å². The van der Waals surface area contributed by atoms with Gasteiger partial charge in [-0.3, -0.25) is 4.79 Å². The van der Waals surface area contributed by atoms with Gasteiger partial charge in [-0.05, 0) is 82.3 Å². The Morgan fingerprint density at radius 3 is 2.15 bits per heavy atom. The average Bonchev–Trinajstić information content (AvgIpc) is 3.08. The lowest BCUT2D eigenvalue weighted by atomic mass is 10.1. The molecule has 0 radical (unpaired) electrons. The van der Waals surface area contributed by atoms with E-state index in [-0.39, 0.29) is 11.5 Å². The number of halogens is 2. The summed E-state index contributed by atoms with van der Waals surface area (Å²) >= 11 is 0. The van der Waals surface area contributed by atoms with Gasteiger partial charge in [-0.25, -0.2) is 4.79 Å². The maximum Gasteiger partial charge on any atom is 0.387 e. The van der Waals surface area contributed by atoms with E-state index in [4.69, 9.17) is 9.47 Å². The van der Waals surface area contributed by atoms with Crippen LogP contribution in [0.1, 0.15) is 46.0 Å². The molecular formula is C25H25F2NO5. The fraction of sp³-hybridized carbons (Fsp3) is 0.280. The Hall–Kier alpha value is -3.68. The molecule has 0 fully saturated rings. The molecule has 3 rings (SSSR count). The number of hydrogen-bond donors (Lipinski definition) is 0. The maximum atomic E-state index is 13.0. The van der Waals surface area contributed by atoms with Gasteiger partial charge in [0.25, 0.3) is 0 Å². The molecular weight excluding hydrogens is 432 g/mol. The van der Waals surface area contributed by atoms with E-state index < -0.39 is 18.7 Å². The van der Waals surface area contributed by atoms with Crippen LogP contribution in [0.3, 0.4) is 0 Å². The van der Waals surface area contributed by atoms with Gasteiger partial charge in [0.2, 0.25) is 5.78 Å². The average molecular weight is 457 g/mol. The molecule has 0 spiro atoms. The van der Waals surface area contributed by atoms with Crippen molar-refractivity contribution in [1.29, 1.82) is 0 Å². The zero-order chi connectivity index (χ0) is 24.1. The highest BCUT2D eigenvalue weighted by Gasteiger charge is 2.25. The Labute approximate surface area is 190 Å². The van der Waals surface area contributed by atoms with E-state index in [1.807, 2.05) is 18.4 Å². The first-order valence-electron chi connectivity index (χ1n) is 10.4. The second-order valence-corrected chi connectivity index (χ2v) is 7.36. The summed E-state index contributed by atoms with van der Waals surface area (Å²) in [4.78, 5) is 25.5. The van der Waals surface area contributed by atoms with Crippen LogP contribution >= 0.6 is 0 Å². The van der Waals surface area contributed by atoms with Crippen molar-refractivity contribution in [3.63, 3.8) is 0 Å². The van der Waals surface area contributed by atoms with Crippen molar-refractivity contribution in [3.8, 4) is 17.2 Å². The van der Waals surface area contributed by atoms with Gasteiger partial charge in [0.1, 0.15) is 11.5 Å². The van der Waals surface area contributed by atoms with Crippen molar-refractivity contribution in [2.75, 3.05) is 6.61 Å². The molecule has 0 saturated heterocycles. The predicted octanol–water partition coefficient (Wildman–Crippen LogP) is 5.52. The molecule has 174 valence electrons. The van der Waals surface area contributed by atoms with E-state index in [1.54, 1.807) is 49.4 Å². The second-order valence-electron chi connectivity index (χ2n) is 7.36. The zero-order valence-corrected chi connectivity index (χ0v) is 18.8. The summed E-state index contributed by atoms with van der Waals surface area (Å²) in [5, 5.41) is 0. The van der Waals surface area contributed by atoms with Crippen LogP contribution in [0, 0.1) is 13.8 Å². The number of alkyl halides is 2. The molecule has 8 heteroatoms. The monoisotopic (exact) mass is 457 g/mol. The first-order chi connectivity index (χ1) is 15.7. The van der Waals surface area contributed by atoms with Crippen LogP contribution in [0.4, 0.5) is 8.78 Å². The topological polar surface area (TPSA) is 66.8 Å². The Bertz CT molecular complexity index is 1120. The van der Waals surface area contributed by atoms with Crippen LogP contribution in [-0.2, 0) is 4.74 Å². The van der Waals surface area contributed by atoms with Crippen molar-refractivity contribution < 1.29 is 32.6 Å². The standard InChI is InChI=1S/C25H25F2NO5/c1-5-31-20-10-6-18(7-11-20)24(30)32-17(4)23(29)22-14-15(2)28(16(22)3)19-8-12-21(13-9-19)33-25(26)27/h6-14,17,25H,5H2,1-4H3. The molecule has 1 aromatic heterocycles. The molecule has 0 aliphatic carbocycles. The Morgan fingerprint density at radius 2 is 1.58 bits per heavy atom. The third-order valence-electron chi connectivity index (χ3n) is 5.07. The molecule has 3 aromatic rings. The smallest absolute Gasteiger partial charge is 0.387 e.